The van der Waals surface area contributed by atoms with Crippen molar-refractivity contribution >= 4 is 22.8 Å². The largest absolute Gasteiger partial charge is 0.508 e. The Kier molecular flexibility index (Phi) is 7.95. The maximum atomic E-state index is 13.3. The number of aromatic hydroxyl groups is 2. The minimum Gasteiger partial charge on any atom is -0.508 e. The van der Waals surface area contributed by atoms with Crippen LogP contribution in [0.2, 0.25) is 0 Å². The van der Waals surface area contributed by atoms with E-state index in [2.05, 4.69) is 10.8 Å². The molecule has 9 heteroatoms. The van der Waals surface area contributed by atoms with Gasteiger partial charge in [0.1, 0.15) is 11.5 Å². The number of allylic oxidation sites excluding steroid dienone is 1. The standard InChI is InChI=1S/C35H35NO8/c1-20-21(2)34(39)23(14-28(20)37)8-6-5-7-13-42-32(38)17-26-24-9-10-29(40-3)35(41-4)27(24)18-36-12-11-22-15-30-31(44-19-43-30)16-25(22)33(26)36/h6,8-10,14-16,18H,5,7,11-13,17,19H2,1-4H3,(H-,37,39)/p+1/b8-6+. The normalized spacial score (nSPS) is 13.2. The Hall–Kier alpha value is -4.92. The molecule has 2 aliphatic heterocycles. The Balaban J connectivity index is 1.24. The summed E-state index contributed by atoms with van der Waals surface area (Å²) in [5.74, 6) is 2.63. The number of esters is 1. The summed E-state index contributed by atoms with van der Waals surface area (Å²) in [5, 5.41) is 22.2. The molecule has 44 heavy (non-hydrogen) atoms. The highest BCUT2D eigenvalue weighted by Crippen LogP contribution is 2.43. The quantitative estimate of drug-likeness (QED) is 0.109. The molecule has 3 aromatic carbocycles. The molecule has 228 valence electrons. The first-order valence-electron chi connectivity index (χ1n) is 14.7. The zero-order valence-electron chi connectivity index (χ0n) is 25.4. The Morgan fingerprint density at radius 1 is 1.02 bits per heavy atom. The first-order chi connectivity index (χ1) is 21.3. The van der Waals surface area contributed by atoms with Crippen LogP contribution in [0.25, 0.3) is 28.1 Å². The Morgan fingerprint density at radius 3 is 2.59 bits per heavy atom. The van der Waals surface area contributed by atoms with Crippen molar-refractivity contribution in [2.75, 3.05) is 27.6 Å². The van der Waals surface area contributed by atoms with E-state index in [-0.39, 0.29) is 37.3 Å². The van der Waals surface area contributed by atoms with Gasteiger partial charge in [-0.15, -0.1) is 0 Å². The van der Waals surface area contributed by atoms with Gasteiger partial charge in [-0.25, -0.2) is 0 Å². The summed E-state index contributed by atoms with van der Waals surface area (Å²) in [6, 6.07) is 9.41. The Morgan fingerprint density at radius 2 is 1.82 bits per heavy atom. The molecular weight excluding hydrogens is 562 g/mol. The molecule has 2 N–H and O–H groups in total. The lowest BCUT2D eigenvalue weighted by atomic mass is 9.90. The Bertz CT molecular complexity index is 1810. The lowest BCUT2D eigenvalue weighted by Gasteiger charge is -2.20. The molecule has 0 fully saturated rings. The number of fused-ring (bicyclic) bond motifs is 5. The summed E-state index contributed by atoms with van der Waals surface area (Å²) in [6.07, 6.45) is 7.86. The third-order valence-corrected chi connectivity index (χ3v) is 8.51. The molecule has 0 aliphatic carbocycles. The topological polar surface area (TPSA) is 108 Å². The molecular formula is C35H36NO8+. The number of unbranched alkanes of at least 4 members (excludes halogenated alkanes) is 1. The van der Waals surface area contributed by atoms with Crippen LogP contribution >= 0.6 is 0 Å². The number of nitrogens with zero attached hydrogens (tertiary/aromatic N) is 1. The Labute approximate surface area is 255 Å². The van der Waals surface area contributed by atoms with E-state index in [1.807, 2.05) is 30.3 Å². The fourth-order valence-electron chi connectivity index (χ4n) is 6.02. The third-order valence-electron chi connectivity index (χ3n) is 8.51. The lowest BCUT2D eigenvalue weighted by molar-refractivity contribution is -0.686. The predicted molar refractivity (Wildman–Crippen MR) is 165 cm³/mol. The average molecular weight is 599 g/mol. The zero-order valence-corrected chi connectivity index (χ0v) is 25.4. The van der Waals surface area contributed by atoms with E-state index in [0.29, 0.717) is 46.8 Å². The minimum atomic E-state index is -0.330. The van der Waals surface area contributed by atoms with Gasteiger partial charge >= 0.3 is 5.97 Å². The molecule has 0 saturated heterocycles. The number of carbonyl (C=O) groups is 1. The number of carbonyl (C=O) groups excluding carboxylic acids is 1. The van der Waals surface area contributed by atoms with E-state index in [9.17, 15) is 15.0 Å². The van der Waals surface area contributed by atoms with Crippen LogP contribution in [-0.4, -0.2) is 43.8 Å². The summed E-state index contributed by atoms with van der Waals surface area (Å²) >= 11 is 0. The average Bonchev–Trinajstić information content (AvgIpc) is 3.49. The molecule has 0 saturated carbocycles. The predicted octanol–water partition coefficient (Wildman–Crippen LogP) is 5.70. The second-order valence-corrected chi connectivity index (χ2v) is 11.0. The van der Waals surface area contributed by atoms with Gasteiger partial charge in [0.15, 0.2) is 35.7 Å². The number of benzene rings is 3. The van der Waals surface area contributed by atoms with Crippen LogP contribution in [0.1, 0.15) is 40.7 Å². The van der Waals surface area contributed by atoms with Gasteiger partial charge in [0.05, 0.1) is 38.2 Å². The maximum absolute atomic E-state index is 13.3. The lowest BCUT2D eigenvalue weighted by Crippen LogP contribution is -2.41. The van der Waals surface area contributed by atoms with Gasteiger partial charge < -0.3 is 33.9 Å². The second kappa shape index (κ2) is 12.0. The SMILES string of the molecule is COc1ccc2c(CC(=O)OCCC/C=C/c3cc(O)c(C)c(C)c3O)c3[n+](cc2c1OC)CCc1cc2c(cc1-3)OCO2. The number of rotatable bonds is 9. The van der Waals surface area contributed by atoms with Gasteiger partial charge in [0.2, 0.25) is 12.5 Å². The van der Waals surface area contributed by atoms with Crippen molar-refractivity contribution < 1.29 is 43.3 Å². The van der Waals surface area contributed by atoms with Crippen molar-refractivity contribution in [1.29, 1.82) is 0 Å². The highest BCUT2D eigenvalue weighted by molar-refractivity contribution is 5.97. The maximum Gasteiger partial charge on any atom is 0.310 e. The number of phenols is 2. The molecule has 1 aromatic heterocycles. The molecule has 6 rings (SSSR count). The molecule has 4 aromatic rings. The summed E-state index contributed by atoms with van der Waals surface area (Å²) in [7, 11) is 3.22. The fraction of sp³-hybridized carbons (Fsp3) is 0.314. The molecule has 0 spiro atoms. The van der Waals surface area contributed by atoms with Crippen molar-refractivity contribution in [3.8, 4) is 45.8 Å². The van der Waals surface area contributed by atoms with Crippen LogP contribution in [0.15, 0.2) is 42.6 Å². The monoisotopic (exact) mass is 598 g/mol. The van der Waals surface area contributed by atoms with Crippen LogP contribution in [0.5, 0.6) is 34.5 Å². The third kappa shape index (κ3) is 5.23. The molecule has 9 nitrogen and oxygen atoms in total. The van der Waals surface area contributed by atoms with Gasteiger partial charge in [-0.1, -0.05) is 12.2 Å². The number of hydrogen-bond acceptors (Lipinski definition) is 8. The number of ether oxygens (including phenoxy) is 5. The summed E-state index contributed by atoms with van der Waals surface area (Å²) < 4.78 is 30.5. The van der Waals surface area contributed by atoms with Crippen LogP contribution in [0.4, 0.5) is 0 Å². The molecule has 0 unspecified atom stereocenters. The van der Waals surface area contributed by atoms with Crippen LogP contribution in [0, 0.1) is 13.8 Å². The van der Waals surface area contributed by atoms with E-state index in [0.717, 1.165) is 51.9 Å². The molecule has 0 bridgehead atoms. The van der Waals surface area contributed by atoms with Crippen LogP contribution in [0.3, 0.4) is 0 Å². The fourth-order valence-corrected chi connectivity index (χ4v) is 6.02. The molecule has 3 heterocycles. The number of hydrogen-bond donors (Lipinski definition) is 2. The first-order valence-corrected chi connectivity index (χ1v) is 14.7. The van der Waals surface area contributed by atoms with E-state index in [4.69, 9.17) is 23.7 Å². The van der Waals surface area contributed by atoms with Gasteiger partial charge in [-0.05, 0) is 73.7 Å². The number of methoxy groups -OCH3 is 2. The number of pyridine rings is 1. The van der Waals surface area contributed by atoms with Gasteiger partial charge in [-0.3, -0.25) is 4.79 Å². The van der Waals surface area contributed by atoms with Crippen molar-refractivity contribution in [3.63, 3.8) is 0 Å². The molecule has 0 atom stereocenters. The number of phenolic OH excluding ortho intramolecular Hbond substituents is 2. The van der Waals surface area contributed by atoms with Crippen molar-refractivity contribution in [1.82, 2.24) is 0 Å². The van der Waals surface area contributed by atoms with Crippen molar-refractivity contribution in [2.45, 2.75) is 46.1 Å². The second-order valence-electron chi connectivity index (χ2n) is 11.0. The van der Waals surface area contributed by atoms with Crippen LogP contribution in [-0.2, 0) is 28.9 Å². The van der Waals surface area contributed by atoms with E-state index >= 15 is 0 Å². The van der Waals surface area contributed by atoms with Gasteiger partial charge in [-0.2, -0.15) is 4.57 Å². The van der Waals surface area contributed by atoms with E-state index in [1.165, 1.54) is 0 Å². The smallest absolute Gasteiger partial charge is 0.310 e. The van der Waals surface area contributed by atoms with Crippen molar-refractivity contribution in [3.05, 3.63) is 70.4 Å². The molecule has 0 radical (unpaired) electrons. The highest BCUT2D eigenvalue weighted by Gasteiger charge is 2.33. The van der Waals surface area contributed by atoms with Gasteiger partial charge in [0, 0.05) is 22.9 Å². The molecule has 2 aliphatic rings. The van der Waals surface area contributed by atoms with E-state index < -0.39 is 0 Å². The van der Waals surface area contributed by atoms with Crippen molar-refractivity contribution in [2.24, 2.45) is 0 Å². The zero-order chi connectivity index (χ0) is 31.0. The van der Waals surface area contributed by atoms with Crippen LogP contribution < -0.4 is 23.5 Å². The number of aromatic nitrogens is 1. The van der Waals surface area contributed by atoms with E-state index in [1.54, 1.807) is 40.2 Å². The first kappa shape index (κ1) is 29.2. The van der Waals surface area contributed by atoms with Gasteiger partial charge in [0.25, 0.3) is 0 Å². The number of aryl methyl sites for hydroxylation is 2. The molecule has 0 amide bonds. The summed E-state index contributed by atoms with van der Waals surface area (Å²) in [6.45, 7) is 4.70. The summed E-state index contributed by atoms with van der Waals surface area (Å²) in [4.78, 5) is 13.3. The summed E-state index contributed by atoms with van der Waals surface area (Å²) in [5.41, 5.74) is 5.79. The minimum absolute atomic E-state index is 0.0711. The highest BCUT2D eigenvalue weighted by atomic mass is 16.7.